The van der Waals surface area contributed by atoms with E-state index in [1.165, 1.54) is 0 Å². The zero-order valence-electron chi connectivity index (χ0n) is 13.9. The van der Waals surface area contributed by atoms with Crippen LogP contribution in [0, 0.1) is 0 Å². The van der Waals surface area contributed by atoms with Crippen molar-refractivity contribution in [1.82, 2.24) is 0 Å². The number of methoxy groups -OCH3 is 1. The molecule has 24 heavy (non-hydrogen) atoms. The number of ether oxygens (including phenoxy) is 5. The van der Waals surface area contributed by atoms with Crippen molar-refractivity contribution in [2.75, 3.05) is 20.3 Å². The van der Waals surface area contributed by atoms with Crippen LogP contribution in [-0.2, 0) is 23.7 Å². The van der Waals surface area contributed by atoms with Crippen LogP contribution in [0.15, 0.2) is 55.6 Å². The van der Waals surface area contributed by atoms with E-state index in [-0.39, 0.29) is 12.2 Å². The molecule has 3 rings (SSSR count). The first-order valence-electron chi connectivity index (χ1n) is 8.11. The fourth-order valence-corrected chi connectivity index (χ4v) is 3.19. The molecule has 2 heterocycles. The predicted octanol–water partition coefficient (Wildman–Crippen LogP) is 2.99. The van der Waals surface area contributed by atoms with Gasteiger partial charge in [-0.2, -0.15) is 0 Å². The molecule has 5 atom stereocenters. The van der Waals surface area contributed by atoms with Crippen molar-refractivity contribution < 1.29 is 23.7 Å². The number of hydrogen-bond donors (Lipinski definition) is 0. The molecule has 0 radical (unpaired) electrons. The molecule has 0 saturated carbocycles. The highest BCUT2D eigenvalue weighted by Gasteiger charge is 2.51. The molecule has 5 nitrogen and oxygen atoms in total. The van der Waals surface area contributed by atoms with E-state index in [1.807, 2.05) is 30.3 Å². The lowest BCUT2D eigenvalue weighted by atomic mass is 9.89. The predicted molar refractivity (Wildman–Crippen MR) is 89.4 cm³/mol. The maximum Gasteiger partial charge on any atom is 0.190 e. The molecule has 0 amide bonds. The van der Waals surface area contributed by atoms with Crippen molar-refractivity contribution in [3.05, 3.63) is 61.2 Å². The van der Waals surface area contributed by atoms with Crippen molar-refractivity contribution in [2.45, 2.75) is 36.8 Å². The highest BCUT2D eigenvalue weighted by atomic mass is 16.8. The van der Waals surface area contributed by atoms with Crippen LogP contribution >= 0.6 is 0 Å². The van der Waals surface area contributed by atoms with Crippen LogP contribution in [0.3, 0.4) is 0 Å². The minimum absolute atomic E-state index is 0.168. The Morgan fingerprint density at radius 3 is 2.67 bits per heavy atom. The third-order valence-electron chi connectivity index (χ3n) is 4.44. The van der Waals surface area contributed by atoms with E-state index in [0.717, 1.165) is 5.56 Å². The Hall–Kier alpha value is -1.50. The summed E-state index contributed by atoms with van der Waals surface area (Å²) in [6.45, 7) is 8.44. The fraction of sp³-hybridized carbons (Fsp3) is 0.474. The van der Waals surface area contributed by atoms with Crippen LogP contribution in [0.25, 0.3) is 0 Å². The summed E-state index contributed by atoms with van der Waals surface area (Å²) in [6, 6.07) is 9.87. The van der Waals surface area contributed by atoms with Crippen LogP contribution in [0.1, 0.15) is 18.3 Å². The molecular weight excluding hydrogens is 308 g/mol. The molecule has 2 aliphatic heterocycles. The molecule has 1 unspecified atom stereocenters. The molecule has 2 saturated heterocycles. The molecule has 0 aromatic heterocycles. The third kappa shape index (κ3) is 3.31. The van der Waals surface area contributed by atoms with E-state index in [9.17, 15) is 0 Å². The van der Waals surface area contributed by atoms with Crippen molar-refractivity contribution in [3.8, 4) is 0 Å². The summed E-state index contributed by atoms with van der Waals surface area (Å²) < 4.78 is 29.4. The van der Waals surface area contributed by atoms with Gasteiger partial charge in [0, 0.05) is 19.1 Å². The van der Waals surface area contributed by atoms with Gasteiger partial charge in [0.2, 0.25) is 0 Å². The van der Waals surface area contributed by atoms with Gasteiger partial charge >= 0.3 is 0 Å². The number of fused-ring (bicyclic) bond motifs is 1. The molecular formula is C19H24O5. The van der Waals surface area contributed by atoms with Gasteiger partial charge in [-0.25, -0.2) is 0 Å². The summed E-state index contributed by atoms with van der Waals surface area (Å²) in [6.07, 6.45) is 2.68. The molecule has 1 aromatic carbocycles. The van der Waals surface area contributed by atoms with E-state index in [4.69, 9.17) is 23.7 Å². The van der Waals surface area contributed by atoms with E-state index in [0.29, 0.717) is 19.6 Å². The first-order chi connectivity index (χ1) is 11.7. The summed E-state index contributed by atoms with van der Waals surface area (Å²) in [5.74, 6) is 0. The zero-order valence-corrected chi connectivity index (χ0v) is 13.9. The number of rotatable bonds is 6. The molecule has 0 spiro atoms. The Balaban J connectivity index is 1.77. The highest BCUT2D eigenvalue weighted by molar-refractivity contribution is 5.17. The van der Waals surface area contributed by atoms with Crippen LogP contribution in [0.4, 0.5) is 0 Å². The summed E-state index contributed by atoms with van der Waals surface area (Å²) in [7, 11) is 1.60. The molecule has 1 aromatic rings. The Morgan fingerprint density at radius 1 is 1.21 bits per heavy atom. The minimum Gasteiger partial charge on any atom is -0.361 e. The second-order valence-corrected chi connectivity index (χ2v) is 5.96. The normalized spacial score (nSPS) is 35.9. The molecule has 5 heteroatoms. The van der Waals surface area contributed by atoms with Crippen LogP contribution in [0.2, 0.25) is 0 Å². The summed E-state index contributed by atoms with van der Waals surface area (Å²) in [5, 5.41) is 0. The first-order valence-corrected chi connectivity index (χ1v) is 8.11. The Bertz CT molecular complexity index is 560. The van der Waals surface area contributed by atoms with Gasteiger partial charge in [-0.15, -0.1) is 13.2 Å². The van der Waals surface area contributed by atoms with Crippen LogP contribution < -0.4 is 0 Å². The second-order valence-electron chi connectivity index (χ2n) is 5.96. The fourth-order valence-electron chi connectivity index (χ4n) is 3.19. The van der Waals surface area contributed by atoms with E-state index < -0.39 is 18.2 Å². The first kappa shape index (κ1) is 17.3. The average molecular weight is 332 g/mol. The highest BCUT2D eigenvalue weighted by Crippen LogP contribution is 2.40. The van der Waals surface area contributed by atoms with Crippen molar-refractivity contribution >= 4 is 0 Å². The van der Waals surface area contributed by atoms with E-state index >= 15 is 0 Å². The minimum atomic E-state index is -0.775. The van der Waals surface area contributed by atoms with Gasteiger partial charge in [0.15, 0.2) is 12.6 Å². The number of benzene rings is 1. The lowest BCUT2D eigenvalue weighted by Gasteiger charge is -2.49. The van der Waals surface area contributed by atoms with Gasteiger partial charge < -0.3 is 23.7 Å². The monoisotopic (exact) mass is 332 g/mol. The molecule has 0 bridgehead atoms. The molecule has 2 aliphatic rings. The standard InChI is InChI=1S/C19H24O5/c1-4-11-22-19(5-2)12-15-16(24-18(19)20-3)13-21-17(23-15)14-9-7-6-8-10-14/h4-10,15-18H,1-2,11-13H2,3H3/t15-,16+,17?,18-,19+/m0/s1. The van der Waals surface area contributed by atoms with Crippen LogP contribution in [0.5, 0.6) is 0 Å². The Kier molecular flexibility index (Phi) is 5.48. The van der Waals surface area contributed by atoms with Crippen LogP contribution in [-0.4, -0.2) is 44.4 Å². The third-order valence-corrected chi connectivity index (χ3v) is 4.44. The maximum absolute atomic E-state index is 6.15. The van der Waals surface area contributed by atoms with Gasteiger partial charge in [0.05, 0.1) is 19.3 Å². The topological polar surface area (TPSA) is 46.2 Å². The summed E-state index contributed by atoms with van der Waals surface area (Å²) >= 11 is 0. The van der Waals surface area contributed by atoms with Gasteiger partial charge in [0.25, 0.3) is 0 Å². The SMILES string of the molecule is C=CCO[C@]1(C=C)C[C@@H]2OC(c3ccccc3)OC[C@H]2O[C@@H]1OC. The Labute approximate surface area is 142 Å². The molecule has 0 aliphatic carbocycles. The van der Waals surface area contributed by atoms with Gasteiger partial charge in [-0.3, -0.25) is 0 Å². The Morgan fingerprint density at radius 2 is 2.00 bits per heavy atom. The van der Waals surface area contributed by atoms with E-state index in [1.54, 1.807) is 19.3 Å². The second kappa shape index (κ2) is 7.59. The van der Waals surface area contributed by atoms with Gasteiger partial charge in [0.1, 0.15) is 11.7 Å². The largest absolute Gasteiger partial charge is 0.361 e. The van der Waals surface area contributed by atoms with Crippen molar-refractivity contribution in [2.24, 2.45) is 0 Å². The lowest BCUT2D eigenvalue weighted by Crippen LogP contribution is -2.60. The van der Waals surface area contributed by atoms with E-state index in [2.05, 4.69) is 13.2 Å². The van der Waals surface area contributed by atoms with Gasteiger partial charge in [-0.1, -0.05) is 42.5 Å². The molecule has 0 N–H and O–H groups in total. The van der Waals surface area contributed by atoms with Crippen molar-refractivity contribution in [1.29, 1.82) is 0 Å². The maximum atomic E-state index is 6.15. The quantitative estimate of drug-likeness (QED) is 0.750. The molecule has 2 fully saturated rings. The lowest BCUT2D eigenvalue weighted by molar-refractivity contribution is -0.351. The number of hydrogen-bond acceptors (Lipinski definition) is 5. The molecule has 130 valence electrons. The van der Waals surface area contributed by atoms with Crippen molar-refractivity contribution in [3.63, 3.8) is 0 Å². The summed E-state index contributed by atoms with van der Waals surface area (Å²) in [5.41, 5.74) is 0.212. The zero-order chi connectivity index (χ0) is 17.0. The van der Waals surface area contributed by atoms with Gasteiger partial charge in [-0.05, 0) is 0 Å². The summed E-state index contributed by atoms with van der Waals surface area (Å²) in [4.78, 5) is 0. The smallest absolute Gasteiger partial charge is 0.190 e. The average Bonchev–Trinajstić information content (AvgIpc) is 2.65.